The lowest BCUT2D eigenvalue weighted by atomic mass is 10.0. The molecule has 144 valence electrons. The SMILES string of the molecule is O=c1[nH]c(=O)n(Cc2ccc([N+](=O)[O-])cc2)cc1[C@@H]1O[C@H](CO)[C@@H](O)[C@H]1O. The molecule has 1 fully saturated rings. The number of nitro benzene ring substituents is 1. The Kier molecular flexibility index (Phi) is 5.19. The van der Waals surface area contributed by atoms with Crippen LogP contribution in [0.15, 0.2) is 40.1 Å². The van der Waals surface area contributed by atoms with Crippen molar-refractivity contribution in [3.63, 3.8) is 0 Å². The maximum Gasteiger partial charge on any atom is 0.328 e. The number of hydrogen-bond acceptors (Lipinski definition) is 8. The summed E-state index contributed by atoms with van der Waals surface area (Å²) < 4.78 is 6.47. The van der Waals surface area contributed by atoms with Gasteiger partial charge in [-0.15, -0.1) is 0 Å². The summed E-state index contributed by atoms with van der Waals surface area (Å²) in [6.07, 6.45) is -3.91. The number of non-ortho nitro benzene ring substituents is 1. The maximum absolute atomic E-state index is 12.1. The highest BCUT2D eigenvalue weighted by atomic mass is 16.6. The Labute approximate surface area is 151 Å². The minimum absolute atomic E-state index is 0.00933. The van der Waals surface area contributed by atoms with E-state index < -0.39 is 47.2 Å². The highest BCUT2D eigenvalue weighted by Gasteiger charge is 2.44. The van der Waals surface area contributed by atoms with Gasteiger partial charge in [0.1, 0.15) is 24.4 Å². The average Bonchev–Trinajstić information content (AvgIpc) is 2.92. The van der Waals surface area contributed by atoms with Gasteiger partial charge < -0.3 is 20.1 Å². The lowest BCUT2D eigenvalue weighted by Crippen LogP contribution is -2.36. The Morgan fingerprint density at radius 3 is 2.41 bits per heavy atom. The van der Waals surface area contributed by atoms with Crippen molar-refractivity contribution < 1.29 is 25.0 Å². The van der Waals surface area contributed by atoms with E-state index in [0.717, 1.165) is 4.57 Å². The van der Waals surface area contributed by atoms with Gasteiger partial charge in [0.25, 0.3) is 11.2 Å². The molecule has 11 heteroatoms. The second-order valence-corrected chi connectivity index (χ2v) is 6.15. The van der Waals surface area contributed by atoms with E-state index in [4.69, 9.17) is 9.84 Å². The molecule has 0 amide bonds. The number of aliphatic hydroxyl groups excluding tert-OH is 3. The molecule has 27 heavy (non-hydrogen) atoms. The molecule has 1 aromatic carbocycles. The Morgan fingerprint density at radius 1 is 1.19 bits per heavy atom. The van der Waals surface area contributed by atoms with Crippen LogP contribution in [0, 0.1) is 10.1 Å². The monoisotopic (exact) mass is 379 g/mol. The third kappa shape index (κ3) is 3.66. The predicted molar refractivity (Wildman–Crippen MR) is 90.2 cm³/mol. The molecule has 0 bridgehead atoms. The van der Waals surface area contributed by atoms with Crippen molar-refractivity contribution in [2.75, 3.05) is 6.61 Å². The van der Waals surface area contributed by atoms with E-state index in [-0.39, 0.29) is 17.8 Å². The minimum Gasteiger partial charge on any atom is -0.394 e. The molecular formula is C16H17N3O8. The van der Waals surface area contributed by atoms with Crippen LogP contribution in [0.1, 0.15) is 17.2 Å². The zero-order valence-corrected chi connectivity index (χ0v) is 13.9. The molecule has 1 aromatic heterocycles. The molecule has 0 radical (unpaired) electrons. The molecular weight excluding hydrogens is 362 g/mol. The van der Waals surface area contributed by atoms with Crippen molar-refractivity contribution >= 4 is 5.69 Å². The lowest BCUT2D eigenvalue weighted by molar-refractivity contribution is -0.384. The molecule has 1 saturated heterocycles. The smallest absolute Gasteiger partial charge is 0.328 e. The molecule has 0 aliphatic carbocycles. The molecule has 1 aliphatic rings. The van der Waals surface area contributed by atoms with Gasteiger partial charge in [0.05, 0.1) is 23.6 Å². The number of rotatable bonds is 5. The molecule has 4 N–H and O–H groups in total. The number of nitrogens with zero attached hydrogens (tertiary/aromatic N) is 2. The van der Waals surface area contributed by atoms with Gasteiger partial charge in [-0.2, -0.15) is 0 Å². The normalized spacial score (nSPS) is 24.9. The number of aromatic nitrogens is 2. The number of nitrogens with one attached hydrogen (secondary N) is 1. The van der Waals surface area contributed by atoms with Crippen LogP contribution in [0.5, 0.6) is 0 Å². The lowest BCUT2D eigenvalue weighted by Gasteiger charge is -2.15. The minimum atomic E-state index is -1.45. The molecule has 11 nitrogen and oxygen atoms in total. The van der Waals surface area contributed by atoms with Crippen LogP contribution >= 0.6 is 0 Å². The van der Waals surface area contributed by atoms with Crippen LogP contribution in [-0.2, 0) is 11.3 Å². The average molecular weight is 379 g/mol. The first-order valence-corrected chi connectivity index (χ1v) is 8.01. The van der Waals surface area contributed by atoms with Gasteiger partial charge >= 0.3 is 5.69 Å². The number of H-pyrrole nitrogens is 1. The van der Waals surface area contributed by atoms with Gasteiger partial charge in [0, 0.05) is 18.3 Å². The Balaban J connectivity index is 1.92. The first-order chi connectivity index (χ1) is 12.8. The van der Waals surface area contributed by atoms with Gasteiger partial charge in [-0.25, -0.2) is 4.79 Å². The van der Waals surface area contributed by atoms with Crippen LogP contribution in [0.3, 0.4) is 0 Å². The summed E-state index contributed by atoms with van der Waals surface area (Å²) in [4.78, 5) is 36.4. The van der Waals surface area contributed by atoms with E-state index >= 15 is 0 Å². The molecule has 0 unspecified atom stereocenters. The van der Waals surface area contributed by atoms with Crippen molar-refractivity contribution in [2.45, 2.75) is 31.0 Å². The highest BCUT2D eigenvalue weighted by molar-refractivity contribution is 5.33. The molecule has 0 spiro atoms. The molecule has 1 aliphatic heterocycles. The summed E-state index contributed by atoms with van der Waals surface area (Å²) in [5.74, 6) is 0. The number of aliphatic hydroxyl groups is 3. The number of benzene rings is 1. The number of aromatic amines is 1. The van der Waals surface area contributed by atoms with E-state index in [1.165, 1.54) is 30.5 Å². The summed E-state index contributed by atoms with van der Waals surface area (Å²) in [7, 11) is 0. The van der Waals surface area contributed by atoms with Crippen LogP contribution in [0.2, 0.25) is 0 Å². The zero-order valence-electron chi connectivity index (χ0n) is 13.9. The fourth-order valence-electron chi connectivity index (χ4n) is 2.92. The van der Waals surface area contributed by atoms with Gasteiger partial charge in [0.15, 0.2) is 0 Å². The van der Waals surface area contributed by atoms with E-state index in [1.54, 1.807) is 0 Å². The number of hydrogen-bond donors (Lipinski definition) is 4. The molecule has 2 aromatic rings. The summed E-state index contributed by atoms with van der Waals surface area (Å²) in [5, 5.41) is 39.8. The van der Waals surface area contributed by atoms with Crippen LogP contribution in [0.4, 0.5) is 5.69 Å². The quantitative estimate of drug-likeness (QED) is 0.365. The van der Waals surface area contributed by atoms with Crippen molar-refractivity contribution in [3.8, 4) is 0 Å². The fraction of sp³-hybridized carbons (Fsp3) is 0.375. The maximum atomic E-state index is 12.1. The van der Waals surface area contributed by atoms with Crippen LogP contribution < -0.4 is 11.2 Å². The summed E-state index contributed by atoms with van der Waals surface area (Å²) in [5.41, 5.74) is -1.11. The van der Waals surface area contributed by atoms with Gasteiger partial charge in [-0.1, -0.05) is 12.1 Å². The van der Waals surface area contributed by atoms with E-state index in [0.29, 0.717) is 5.56 Å². The molecule has 3 rings (SSSR count). The standard InChI is InChI=1S/C16H17N3O8/c20-7-11-12(21)13(22)14(27-11)10-6-18(16(24)17-15(10)23)5-8-1-3-9(4-2-8)19(25)26/h1-4,6,11-14,20-22H,5,7H2,(H,17,23,24)/t11-,12-,13-,14+/m1/s1. The van der Waals surface area contributed by atoms with Gasteiger partial charge in [-0.05, 0) is 5.56 Å². The first-order valence-electron chi connectivity index (χ1n) is 8.01. The third-order valence-corrected chi connectivity index (χ3v) is 4.39. The topological polar surface area (TPSA) is 168 Å². The predicted octanol–water partition coefficient (Wildman–Crippen LogP) is -1.35. The zero-order chi connectivity index (χ0) is 19.7. The molecule has 0 saturated carbocycles. The van der Waals surface area contributed by atoms with E-state index in [1.807, 2.05) is 0 Å². The first kappa shape index (κ1) is 18.9. The van der Waals surface area contributed by atoms with Crippen molar-refractivity contribution in [1.82, 2.24) is 9.55 Å². The Morgan fingerprint density at radius 2 is 1.85 bits per heavy atom. The third-order valence-electron chi connectivity index (χ3n) is 4.39. The summed E-state index contributed by atoms with van der Waals surface area (Å²) in [6, 6.07) is 5.53. The van der Waals surface area contributed by atoms with Crippen molar-refractivity contribution in [1.29, 1.82) is 0 Å². The number of nitro groups is 1. The van der Waals surface area contributed by atoms with Crippen molar-refractivity contribution in [3.05, 3.63) is 72.5 Å². The van der Waals surface area contributed by atoms with Crippen LogP contribution in [0.25, 0.3) is 0 Å². The van der Waals surface area contributed by atoms with Gasteiger partial charge in [0.2, 0.25) is 0 Å². The number of ether oxygens (including phenoxy) is 1. The van der Waals surface area contributed by atoms with E-state index in [9.17, 15) is 29.9 Å². The summed E-state index contributed by atoms with van der Waals surface area (Å²) in [6.45, 7) is -0.537. The van der Waals surface area contributed by atoms with E-state index in [2.05, 4.69) is 4.98 Å². The largest absolute Gasteiger partial charge is 0.394 e. The molecule has 4 atom stereocenters. The van der Waals surface area contributed by atoms with Crippen LogP contribution in [-0.4, -0.2) is 54.7 Å². The highest BCUT2D eigenvalue weighted by Crippen LogP contribution is 2.31. The Bertz CT molecular complexity index is 951. The fourth-order valence-corrected chi connectivity index (χ4v) is 2.92. The second kappa shape index (κ2) is 7.40. The molecule has 2 heterocycles. The van der Waals surface area contributed by atoms with Crippen molar-refractivity contribution in [2.24, 2.45) is 0 Å². The Hall–Kier alpha value is -2.86. The van der Waals surface area contributed by atoms with Gasteiger partial charge in [-0.3, -0.25) is 24.5 Å². The second-order valence-electron chi connectivity index (χ2n) is 6.15. The summed E-state index contributed by atoms with van der Waals surface area (Å²) >= 11 is 0.